The number of fused-ring (bicyclic) bond motifs is 1. The standard InChI is InChI=1S/C15H10BrF3N2O2/c16-11-5-10-8-21(14(22)13(10)20-6-11)7-9-1-3-12(4-2-9)23-15(17,18)19/h1-6,8,22H,7H2. The van der Waals surface area contributed by atoms with Crippen LogP contribution in [0.3, 0.4) is 0 Å². The number of alkyl halides is 3. The van der Waals surface area contributed by atoms with Gasteiger partial charge in [0.15, 0.2) is 0 Å². The summed E-state index contributed by atoms with van der Waals surface area (Å²) in [7, 11) is 0. The summed E-state index contributed by atoms with van der Waals surface area (Å²) >= 11 is 3.31. The van der Waals surface area contributed by atoms with Crippen LogP contribution in [0, 0.1) is 0 Å². The molecule has 1 N–H and O–H groups in total. The highest BCUT2D eigenvalue weighted by Crippen LogP contribution is 2.28. The maximum absolute atomic E-state index is 12.1. The molecule has 0 aliphatic heterocycles. The average Bonchev–Trinajstić information content (AvgIpc) is 2.75. The van der Waals surface area contributed by atoms with Crippen molar-refractivity contribution in [3.63, 3.8) is 0 Å². The molecule has 23 heavy (non-hydrogen) atoms. The maximum atomic E-state index is 12.1. The number of hydrogen-bond donors (Lipinski definition) is 1. The molecule has 0 aliphatic carbocycles. The second-order valence-corrected chi connectivity index (χ2v) is 5.78. The first-order chi connectivity index (χ1) is 10.8. The lowest BCUT2D eigenvalue weighted by molar-refractivity contribution is -0.274. The van der Waals surface area contributed by atoms with E-state index in [-0.39, 0.29) is 11.6 Å². The lowest BCUT2D eigenvalue weighted by Crippen LogP contribution is -2.17. The molecule has 0 fully saturated rings. The van der Waals surface area contributed by atoms with E-state index in [1.54, 1.807) is 17.0 Å². The van der Waals surface area contributed by atoms with Gasteiger partial charge in [-0.25, -0.2) is 4.98 Å². The number of aromatic hydroxyl groups is 1. The molecule has 2 aromatic heterocycles. The predicted molar refractivity (Wildman–Crippen MR) is 81.3 cm³/mol. The third-order valence-corrected chi connectivity index (χ3v) is 3.61. The number of benzene rings is 1. The maximum Gasteiger partial charge on any atom is 0.573 e. The molecule has 2 heterocycles. The first kappa shape index (κ1) is 15.7. The number of hydrogen-bond acceptors (Lipinski definition) is 3. The lowest BCUT2D eigenvalue weighted by atomic mass is 10.2. The van der Waals surface area contributed by atoms with Crippen LogP contribution in [0.2, 0.25) is 0 Å². The van der Waals surface area contributed by atoms with Gasteiger partial charge in [-0.15, -0.1) is 13.2 Å². The smallest absolute Gasteiger partial charge is 0.493 e. The van der Waals surface area contributed by atoms with E-state index < -0.39 is 6.36 Å². The van der Waals surface area contributed by atoms with Crippen molar-refractivity contribution in [2.45, 2.75) is 12.9 Å². The summed E-state index contributed by atoms with van der Waals surface area (Å²) < 4.78 is 42.5. The monoisotopic (exact) mass is 386 g/mol. The molecular weight excluding hydrogens is 377 g/mol. The van der Waals surface area contributed by atoms with Crippen LogP contribution in [0.5, 0.6) is 11.6 Å². The SMILES string of the molecule is Oc1c2ncc(Br)cc2cn1Cc1ccc(OC(F)(F)F)cc1. The fourth-order valence-corrected chi connectivity index (χ4v) is 2.57. The van der Waals surface area contributed by atoms with Gasteiger partial charge in [-0.2, -0.15) is 0 Å². The summed E-state index contributed by atoms with van der Waals surface area (Å²) in [6.45, 7) is 0.298. The Morgan fingerprint density at radius 1 is 1.22 bits per heavy atom. The van der Waals surface area contributed by atoms with Crippen molar-refractivity contribution in [1.29, 1.82) is 0 Å². The van der Waals surface area contributed by atoms with Gasteiger partial charge in [-0.05, 0) is 39.7 Å². The summed E-state index contributed by atoms with van der Waals surface area (Å²) in [6.07, 6.45) is -1.41. The minimum atomic E-state index is -4.71. The predicted octanol–water partition coefficient (Wildman–Crippen LogP) is 4.45. The molecule has 8 heteroatoms. The van der Waals surface area contributed by atoms with Gasteiger partial charge < -0.3 is 14.4 Å². The topological polar surface area (TPSA) is 47.3 Å². The van der Waals surface area contributed by atoms with Gasteiger partial charge in [0.25, 0.3) is 0 Å². The first-order valence-corrected chi connectivity index (χ1v) is 7.29. The van der Waals surface area contributed by atoms with Gasteiger partial charge in [0.05, 0.1) is 6.54 Å². The zero-order valence-corrected chi connectivity index (χ0v) is 13.1. The van der Waals surface area contributed by atoms with Crippen molar-refractivity contribution < 1.29 is 23.0 Å². The van der Waals surface area contributed by atoms with E-state index >= 15 is 0 Å². The van der Waals surface area contributed by atoms with Gasteiger partial charge in [0.1, 0.15) is 11.3 Å². The zero-order valence-electron chi connectivity index (χ0n) is 11.5. The summed E-state index contributed by atoms with van der Waals surface area (Å²) in [5.41, 5.74) is 1.18. The Morgan fingerprint density at radius 2 is 1.91 bits per heavy atom. The summed E-state index contributed by atoms with van der Waals surface area (Å²) in [6, 6.07) is 7.30. The van der Waals surface area contributed by atoms with Crippen LogP contribution in [0.4, 0.5) is 13.2 Å². The largest absolute Gasteiger partial charge is 0.573 e. The number of pyridine rings is 1. The van der Waals surface area contributed by atoms with Crippen molar-refractivity contribution in [1.82, 2.24) is 9.55 Å². The van der Waals surface area contributed by atoms with Crippen LogP contribution >= 0.6 is 15.9 Å². The van der Waals surface area contributed by atoms with Crippen molar-refractivity contribution in [3.05, 3.63) is 52.8 Å². The van der Waals surface area contributed by atoms with Gasteiger partial charge in [0, 0.05) is 22.3 Å². The zero-order chi connectivity index (χ0) is 16.6. The first-order valence-electron chi connectivity index (χ1n) is 6.50. The molecule has 0 saturated carbocycles. The van der Waals surface area contributed by atoms with E-state index in [9.17, 15) is 18.3 Å². The van der Waals surface area contributed by atoms with Crippen LogP contribution < -0.4 is 4.74 Å². The van der Waals surface area contributed by atoms with Crippen molar-refractivity contribution >= 4 is 26.8 Å². The Balaban J connectivity index is 1.83. The van der Waals surface area contributed by atoms with E-state index in [0.29, 0.717) is 17.6 Å². The molecule has 0 spiro atoms. The van der Waals surface area contributed by atoms with Crippen LogP contribution in [0.25, 0.3) is 10.9 Å². The molecular formula is C15H10BrF3N2O2. The van der Waals surface area contributed by atoms with Gasteiger partial charge in [-0.1, -0.05) is 12.1 Å². The highest BCUT2D eigenvalue weighted by atomic mass is 79.9. The molecule has 0 saturated heterocycles. The van der Waals surface area contributed by atoms with E-state index in [4.69, 9.17) is 0 Å². The number of nitrogens with zero attached hydrogens (tertiary/aromatic N) is 2. The molecule has 1 aromatic carbocycles. The van der Waals surface area contributed by atoms with Crippen LogP contribution in [-0.4, -0.2) is 21.0 Å². The average molecular weight is 387 g/mol. The highest BCUT2D eigenvalue weighted by Gasteiger charge is 2.30. The van der Waals surface area contributed by atoms with Crippen LogP contribution in [-0.2, 0) is 6.54 Å². The molecule has 3 rings (SSSR count). The third-order valence-electron chi connectivity index (χ3n) is 3.17. The molecule has 0 aliphatic rings. The van der Waals surface area contributed by atoms with Crippen molar-refractivity contribution in [3.8, 4) is 11.6 Å². The Bertz CT molecular complexity index is 844. The Morgan fingerprint density at radius 3 is 2.57 bits per heavy atom. The molecule has 4 nitrogen and oxygen atoms in total. The van der Waals surface area contributed by atoms with Crippen LogP contribution in [0.1, 0.15) is 5.56 Å². The second kappa shape index (κ2) is 5.77. The fraction of sp³-hybridized carbons (Fsp3) is 0.133. The van der Waals surface area contributed by atoms with E-state index in [1.807, 2.05) is 6.07 Å². The second-order valence-electron chi connectivity index (χ2n) is 4.86. The third kappa shape index (κ3) is 3.58. The molecule has 0 amide bonds. The Hall–Kier alpha value is -2.22. The Labute approximate surface area is 137 Å². The van der Waals surface area contributed by atoms with E-state index in [2.05, 4.69) is 25.7 Å². The molecule has 0 bridgehead atoms. The van der Waals surface area contributed by atoms with E-state index in [1.165, 1.54) is 24.3 Å². The van der Waals surface area contributed by atoms with Crippen molar-refractivity contribution in [2.75, 3.05) is 0 Å². The van der Waals surface area contributed by atoms with Gasteiger partial charge in [0.2, 0.25) is 5.88 Å². The van der Waals surface area contributed by atoms with Gasteiger partial charge in [-0.3, -0.25) is 0 Å². The number of aromatic nitrogens is 2. The normalized spacial score (nSPS) is 11.8. The minimum Gasteiger partial charge on any atom is -0.493 e. The fourth-order valence-electron chi connectivity index (χ4n) is 2.22. The quantitative estimate of drug-likeness (QED) is 0.723. The number of rotatable bonds is 3. The molecule has 120 valence electrons. The lowest BCUT2D eigenvalue weighted by Gasteiger charge is -2.10. The van der Waals surface area contributed by atoms with Crippen molar-refractivity contribution in [2.24, 2.45) is 0 Å². The molecule has 0 radical (unpaired) electrons. The summed E-state index contributed by atoms with van der Waals surface area (Å²) in [5.74, 6) is -0.281. The highest BCUT2D eigenvalue weighted by molar-refractivity contribution is 9.10. The van der Waals surface area contributed by atoms with Gasteiger partial charge >= 0.3 is 6.36 Å². The summed E-state index contributed by atoms with van der Waals surface area (Å²) in [5, 5.41) is 10.9. The Kier molecular flexibility index (Phi) is 3.93. The number of ether oxygens (including phenoxy) is 1. The van der Waals surface area contributed by atoms with E-state index in [0.717, 1.165) is 9.86 Å². The molecule has 3 aromatic rings. The summed E-state index contributed by atoms with van der Waals surface area (Å²) in [4.78, 5) is 4.13. The molecule has 0 atom stereocenters. The molecule has 0 unspecified atom stereocenters. The minimum absolute atomic E-state index is 0.00289. The van der Waals surface area contributed by atoms with Crippen LogP contribution in [0.15, 0.2) is 47.2 Å². The number of halogens is 4.